The molecule has 0 spiro atoms. The average molecular weight is 360 g/mol. The van der Waals surface area contributed by atoms with Crippen LogP contribution in [0.1, 0.15) is 16.7 Å². The van der Waals surface area contributed by atoms with E-state index in [1.165, 1.54) is 5.41 Å². The van der Waals surface area contributed by atoms with Gasteiger partial charge in [0.05, 0.1) is 4.90 Å². The summed E-state index contributed by atoms with van der Waals surface area (Å²) < 4.78 is 25.7. The van der Waals surface area contributed by atoms with Crippen molar-refractivity contribution in [3.05, 3.63) is 113 Å². The van der Waals surface area contributed by atoms with Crippen LogP contribution in [0.25, 0.3) is 11.6 Å². The van der Waals surface area contributed by atoms with Crippen LogP contribution in [0.5, 0.6) is 0 Å². The van der Waals surface area contributed by atoms with Crippen LogP contribution in [0.15, 0.2) is 101 Å². The maximum absolute atomic E-state index is 12.8. The molecule has 2 nitrogen and oxygen atoms in total. The third-order valence-electron chi connectivity index (χ3n) is 3.99. The summed E-state index contributed by atoms with van der Waals surface area (Å²) in [5.41, 5.74) is 3.55. The molecule has 0 bridgehead atoms. The third kappa shape index (κ3) is 4.58. The SMILES string of the molecule is Cc1ccc(S(=O)(=O)C=C(C=Cc2ccccc2)c2ccccc2)cc1. The lowest BCUT2D eigenvalue weighted by Gasteiger charge is -2.05. The van der Waals surface area contributed by atoms with Gasteiger partial charge in [-0.15, -0.1) is 0 Å². The second-order valence-corrected chi connectivity index (χ2v) is 7.84. The van der Waals surface area contributed by atoms with Gasteiger partial charge in [-0.3, -0.25) is 0 Å². The monoisotopic (exact) mass is 360 g/mol. The topological polar surface area (TPSA) is 34.1 Å². The Morgan fingerprint density at radius 2 is 1.35 bits per heavy atom. The van der Waals surface area contributed by atoms with E-state index in [1.807, 2.05) is 91.9 Å². The molecule has 0 aliphatic rings. The summed E-state index contributed by atoms with van der Waals surface area (Å²) in [6.07, 6.45) is 3.76. The van der Waals surface area contributed by atoms with Crippen molar-refractivity contribution in [3.63, 3.8) is 0 Å². The lowest BCUT2D eigenvalue weighted by molar-refractivity contribution is 0.604. The number of rotatable bonds is 5. The van der Waals surface area contributed by atoms with Gasteiger partial charge in [0.15, 0.2) is 9.84 Å². The third-order valence-corrected chi connectivity index (χ3v) is 5.49. The molecule has 0 saturated carbocycles. The summed E-state index contributed by atoms with van der Waals surface area (Å²) in [6, 6.07) is 26.3. The van der Waals surface area contributed by atoms with E-state index in [0.29, 0.717) is 10.5 Å². The number of sulfone groups is 1. The minimum atomic E-state index is -3.54. The zero-order chi connectivity index (χ0) is 18.4. The van der Waals surface area contributed by atoms with E-state index in [2.05, 4.69) is 0 Å². The van der Waals surface area contributed by atoms with Crippen LogP contribution in [-0.2, 0) is 9.84 Å². The molecule has 130 valence electrons. The molecular formula is C23H20O2S. The normalized spacial score (nSPS) is 12.4. The largest absolute Gasteiger partial charge is 0.219 e. The van der Waals surface area contributed by atoms with Crippen molar-refractivity contribution >= 4 is 21.5 Å². The first-order valence-electron chi connectivity index (χ1n) is 8.37. The second kappa shape index (κ2) is 7.98. The van der Waals surface area contributed by atoms with Gasteiger partial charge in [-0.25, -0.2) is 8.42 Å². The van der Waals surface area contributed by atoms with E-state index in [1.54, 1.807) is 12.1 Å². The number of aryl methyl sites for hydroxylation is 1. The van der Waals surface area contributed by atoms with Gasteiger partial charge in [-0.2, -0.15) is 0 Å². The number of hydrogen-bond acceptors (Lipinski definition) is 2. The Hall–Kier alpha value is -2.91. The quantitative estimate of drug-likeness (QED) is 0.561. The summed E-state index contributed by atoms with van der Waals surface area (Å²) in [4.78, 5) is 0.296. The van der Waals surface area contributed by atoms with Crippen molar-refractivity contribution in [2.45, 2.75) is 11.8 Å². The molecule has 0 amide bonds. The molecule has 3 rings (SSSR count). The molecule has 3 aromatic carbocycles. The molecular weight excluding hydrogens is 340 g/mol. The summed E-state index contributed by atoms with van der Waals surface area (Å²) in [6.45, 7) is 1.93. The van der Waals surface area contributed by atoms with Crippen LogP contribution in [0.2, 0.25) is 0 Å². The van der Waals surface area contributed by atoms with E-state index >= 15 is 0 Å². The van der Waals surface area contributed by atoms with Crippen molar-refractivity contribution in [3.8, 4) is 0 Å². The van der Waals surface area contributed by atoms with Crippen LogP contribution in [0.3, 0.4) is 0 Å². The van der Waals surface area contributed by atoms with Gasteiger partial charge in [0.25, 0.3) is 0 Å². The van der Waals surface area contributed by atoms with Crippen molar-refractivity contribution < 1.29 is 8.42 Å². The van der Waals surface area contributed by atoms with E-state index in [9.17, 15) is 8.42 Å². The van der Waals surface area contributed by atoms with E-state index in [0.717, 1.165) is 16.7 Å². The molecule has 0 aliphatic carbocycles. The van der Waals surface area contributed by atoms with E-state index in [4.69, 9.17) is 0 Å². The van der Waals surface area contributed by atoms with Crippen molar-refractivity contribution in [2.75, 3.05) is 0 Å². The summed E-state index contributed by atoms with van der Waals surface area (Å²) >= 11 is 0. The van der Waals surface area contributed by atoms with Crippen LogP contribution < -0.4 is 0 Å². The van der Waals surface area contributed by atoms with Crippen molar-refractivity contribution in [2.24, 2.45) is 0 Å². The maximum atomic E-state index is 12.8. The number of allylic oxidation sites excluding steroid dienone is 2. The predicted octanol–water partition coefficient (Wildman–Crippen LogP) is 5.52. The van der Waals surface area contributed by atoms with Crippen LogP contribution in [0.4, 0.5) is 0 Å². The lowest BCUT2D eigenvalue weighted by atomic mass is 10.1. The molecule has 0 saturated heterocycles. The molecule has 0 N–H and O–H groups in total. The highest BCUT2D eigenvalue weighted by atomic mass is 32.2. The molecule has 0 radical (unpaired) electrons. The molecule has 0 aromatic heterocycles. The molecule has 26 heavy (non-hydrogen) atoms. The molecule has 0 aliphatic heterocycles. The zero-order valence-corrected chi connectivity index (χ0v) is 15.4. The fraction of sp³-hybridized carbons (Fsp3) is 0.0435. The smallest absolute Gasteiger partial charge is 0.200 e. The van der Waals surface area contributed by atoms with E-state index < -0.39 is 9.84 Å². The Morgan fingerprint density at radius 3 is 1.96 bits per heavy atom. The summed E-state index contributed by atoms with van der Waals surface area (Å²) in [5, 5.41) is 1.34. The molecule has 0 unspecified atom stereocenters. The molecule has 0 atom stereocenters. The summed E-state index contributed by atoms with van der Waals surface area (Å²) in [7, 11) is -3.54. The van der Waals surface area contributed by atoms with Gasteiger partial charge >= 0.3 is 0 Å². The van der Waals surface area contributed by atoms with E-state index in [-0.39, 0.29) is 0 Å². The number of hydrogen-bond donors (Lipinski definition) is 0. The highest BCUT2D eigenvalue weighted by Gasteiger charge is 2.12. The molecule has 3 aromatic rings. The van der Waals surface area contributed by atoms with Crippen LogP contribution >= 0.6 is 0 Å². The molecule has 3 heteroatoms. The van der Waals surface area contributed by atoms with Gasteiger partial charge in [-0.05, 0) is 35.8 Å². The Kier molecular flexibility index (Phi) is 5.49. The number of benzene rings is 3. The predicted molar refractivity (Wildman–Crippen MR) is 108 cm³/mol. The Morgan fingerprint density at radius 1 is 0.769 bits per heavy atom. The van der Waals surface area contributed by atoms with Crippen LogP contribution in [0, 0.1) is 6.92 Å². The fourth-order valence-corrected chi connectivity index (χ4v) is 3.75. The minimum Gasteiger partial charge on any atom is -0.219 e. The standard InChI is InChI=1S/C23H20O2S/c1-19-12-16-23(17-13-19)26(24,25)18-22(21-10-6-3-7-11-21)15-14-20-8-4-2-5-9-20/h2-18H,1H3. The Bertz CT molecular complexity index is 1010. The van der Waals surface area contributed by atoms with Gasteiger partial charge in [0, 0.05) is 5.41 Å². The Labute approximate surface area is 155 Å². The molecule has 0 heterocycles. The first kappa shape index (κ1) is 17.9. The summed E-state index contributed by atoms with van der Waals surface area (Å²) in [5.74, 6) is 0. The highest BCUT2D eigenvalue weighted by molar-refractivity contribution is 7.94. The molecule has 0 fully saturated rings. The second-order valence-electron chi connectivity index (χ2n) is 6.04. The van der Waals surface area contributed by atoms with Gasteiger partial charge in [-0.1, -0.05) is 90.5 Å². The van der Waals surface area contributed by atoms with Crippen molar-refractivity contribution in [1.82, 2.24) is 0 Å². The minimum absolute atomic E-state index is 0.296. The fourth-order valence-electron chi connectivity index (χ4n) is 2.55. The first-order chi connectivity index (χ1) is 12.5. The van der Waals surface area contributed by atoms with Gasteiger partial charge in [0.2, 0.25) is 0 Å². The maximum Gasteiger partial charge on any atom is 0.200 e. The first-order valence-corrected chi connectivity index (χ1v) is 9.91. The van der Waals surface area contributed by atoms with Gasteiger partial charge in [0.1, 0.15) is 0 Å². The van der Waals surface area contributed by atoms with Gasteiger partial charge < -0.3 is 0 Å². The van der Waals surface area contributed by atoms with Crippen molar-refractivity contribution in [1.29, 1.82) is 0 Å². The van der Waals surface area contributed by atoms with Crippen LogP contribution in [-0.4, -0.2) is 8.42 Å². The average Bonchev–Trinajstić information content (AvgIpc) is 2.67. The Balaban J connectivity index is 2.04. The highest BCUT2D eigenvalue weighted by Crippen LogP contribution is 2.22. The lowest BCUT2D eigenvalue weighted by Crippen LogP contribution is -1.98. The zero-order valence-electron chi connectivity index (χ0n) is 14.5.